The molecule has 0 heterocycles. The molecule has 0 amide bonds. The van der Waals surface area contributed by atoms with Crippen molar-refractivity contribution in [3.63, 3.8) is 0 Å². The molecule has 0 saturated carbocycles. The molecule has 2 aromatic rings. The second-order valence-corrected chi connectivity index (χ2v) is 6.84. The molecule has 2 aliphatic rings. The van der Waals surface area contributed by atoms with Gasteiger partial charge in [0.25, 0.3) is 0 Å². The predicted molar refractivity (Wildman–Crippen MR) is 136 cm³/mol. The first-order valence-electron chi connectivity index (χ1n) is 10.3. The third kappa shape index (κ3) is 7.25. The highest BCUT2D eigenvalue weighted by Gasteiger charge is 2.17. The van der Waals surface area contributed by atoms with Gasteiger partial charge in [-0.1, -0.05) is 72.3 Å². The molecule has 2 aliphatic carbocycles. The summed E-state index contributed by atoms with van der Waals surface area (Å²) in [7, 11) is 0. The van der Waals surface area contributed by atoms with E-state index < -0.39 is 0 Å². The van der Waals surface area contributed by atoms with Gasteiger partial charge in [-0.15, -0.1) is 26.3 Å². The van der Waals surface area contributed by atoms with Gasteiger partial charge in [0.1, 0.15) is 0 Å². The van der Waals surface area contributed by atoms with Crippen LogP contribution in [0.4, 0.5) is 5.69 Å². The molecule has 0 bridgehead atoms. The third-order valence-electron chi connectivity index (χ3n) is 4.87. The Hall–Kier alpha value is -3.32. The van der Waals surface area contributed by atoms with Gasteiger partial charge in [-0.25, -0.2) is 0 Å². The lowest BCUT2D eigenvalue weighted by Crippen LogP contribution is -1.91. The highest BCUT2D eigenvalue weighted by Crippen LogP contribution is 2.37. The number of nitrogens with two attached hydrogens (primary N) is 1. The first-order chi connectivity index (χ1) is 14.6. The number of benzene rings is 2. The van der Waals surface area contributed by atoms with E-state index in [1.807, 2.05) is 31.2 Å². The summed E-state index contributed by atoms with van der Waals surface area (Å²) in [5, 5.41) is 0. The molecule has 2 N–H and O–H groups in total. The lowest BCUT2D eigenvalue weighted by Gasteiger charge is -2.11. The Morgan fingerprint density at radius 3 is 1.93 bits per heavy atom. The van der Waals surface area contributed by atoms with Gasteiger partial charge in [0.2, 0.25) is 0 Å². The first kappa shape index (κ1) is 24.7. The zero-order valence-corrected chi connectivity index (χ0v) is 18.5. The highest BCUT2D eigenvalue weighted by molar-refractivity contribution is 5.79. The van der Waals surface area contributed by atoms with Crippen LogP contribution in [0.15, 0.2) is 122 Å². The van der Waals surface area contributed by atoms with Crippen LogP contribution in [-0.4, -0.2) is 0 Å². The molecule has 0 radical (unpaired) electrons. The van der Waals surface area contributed by atoms with E-state index in [4.69, 9.17) is 5.73 Å². The van der Waals surface area contributed by atoms with E-state index in [1.54, 1.807) is 0 Å². The van der Waals surface area contributed by atoms with Crippen LogP contribution in [0.3, 0.4) is 0 Å². The minimum absolute atomic E-state index is 0.829. The summed E-state index contributed by atoms with van der Waals surface area (Å²) in [4.78, 5) is 0. The van der Waals surface area contributed by atoms with Crippen LogP contribution in [-0.2, 0) is 0 Å². The van der Waals surface area contributed by atoms with E-state index in [2.05, 4.69) is 87.9 Å². The average Bonchev–Trinajstić information content (AvgIpc) is 3.21. The molecule has 0 unspecified atom stereocenters. The zero-order chi connectivity index (χ0) is 22.4. The molecule has 1 heteroatoms. The van der Waals surface area contributed by atoms with Crippen LogP contribution < -0.4 is 5.73 Å². The van der Waals surface area contributed by atoms with E-state index in [9.17, 15) is 0 Å². The number of anilines is 1. The average molecular weight is 398 g/mol. The summed E-state index contributed by atoms with van der Waals surface area (Å²) in [6, 6.07) is 18.5. The summed E-state index contributed by atoms with van der Waals surface area (Å²) < 4.78 is 0. The van der Waals surface area contributed by atoms with Crippen LogP contribution in [0.5, 0.6) is 0 Å². The Kier molecular flexibility index (Phi) is 11.4. The summed E-state index contributed by atoms with van der Waals surface area (Å²) in [6.07, 6.45) is 12.7. The van der Waals surface area contributed by atoms with Crippen LogP contribution >= 0.6 is 0 Å². The maximum absolute atomic E-state index is 5.43. The number of allylic oxidation sites excluding steroid dienone is 8. The molecule has 0 saturated heterocycles. The Morgan fingerprint density at radius 2 is 1.40 bits per heavy atom. The molecule has 2 aromatic carbocycles. The minimum atomic E-state index is 0.829. The molecule has 1 nitrogen and oxygen atoms in total. The second-order valence-electron chi connectivity index (χ2n) is 6.84. The van der Waals surface area contributed by atoms with Gasteiger partial charge < -0.3 is 5.73 Å². The summed E-state index contributed by atoms with van der Waals surface area (Å²) in [5.41, 5.74) is 14.6. The Balaban J connectivity index is 0.000000315. The summed E-state index contributed by atoms with van der Waals surface area (Å²) in [5.74, 6) is 0. The van der Waals surface area contributed by atoms with Crippen molar-refractivity contribution in [3.05, 3.63) is 133 Å². The van der Waals surface area contributed by atoms with Crippen molar-refractivity contribution in [1.29, 1.82) is 0 Å². The Bertz CT molecular complexity index is 870. The Morgan fingerprint density at radius 1 is 0.767 bits per heavy atom. The van der Waals surface area contributed by atoms with Gasteiger partial charge in [-0.3, -0.25) is 0 Å². The molecule has 0 atom stereocenters. The van der Waals surface area contributed by atoms with Gasteiger partial charge in [0.15, 0.2) is 0 Å². The van der Waals surface area contributed by atoms with Crippen molar-refractivity contribution in [1.82, 2.24) is 0 Å². The van der Waals surface area contributed by atoms with E-state index in [-0.39, 0.29) is 0 Å². The fraction of sp³-hybridized carbons (Fsp3) is 0.172. The molecule has 30 heavy (non-hydrogen) atoms. The highest BCUT2D eigenvalue weighted by atomic mass is 14.5. The van der Waals surface area contributed by atoms with E-state index >= 15 is 0 Å². The minimum Gasteiger partial charge on any atom is -0.399 e. The number of hydrogen-bond donors (Lipinski definition) is 1. The molecule has 156 valence electrons. The predicted octanol–water partition coefficient (Wildman–Crippen LogP) is 8.25. The summed E-state index contributed by atoms with van der Waals surface area (Å²) >= 11 is 0. The molecular formula is C29H35N. The number of hydrogen-bond acceptors (Lipinski definition) is 1. The summed E-state index contributed by atoms with van der Waals surface area (Å²) in [6.45, 7) is 16.3. The molecule has 4 rings (SSSR count). The lowest BCUT2D eigenvalue weighted by atomic mass is 9.94. The standard InChI is InChI=1S/C18H18.C7H9N.2C2H4/c1-14-17(15-8-4-2-5-9-15)12-13-18(14)16-10-6-3-7-11-16;1-6-2-4-7(8)5-3-6;2*1-2/h2,4-6,8-11,13H,3,7,12H2,1H3;2-5H,8H2,1H3;2*1-2H2. The van der Waals surface area contributed by atoms with Gasteiger partial charge >= 0.3 is 0 Å². The van der Waals surface area contributed by atoms with Crippen molar-refractivity contribution in [2.24, 2.45) is 0 Å². The van der Waals surface area contributed by atoms with E-state index in [1.165, 1.54) is 46.3 Å². The van der Waals surface area contributed by atoms with Crippen molar-refractivity contribution < 1.29 is 0 Å². The van der Waals surface area contributed by atoms with Crippen LogP contribution in [0.25, 0.3) is 5.57 Å². The molecule has 0 spiro atoms. The first-order valence-corrected chi connectivity index (χ1v) is 10.3. The fourth-order valence-electron chi connectivity index (χ4n) is 3.36. The fourth-order valence-corrected chi connectivity index (χ4v) is 3.36. The van der Waals surface area contributed by atoms with Crippen molar-refractivity contribution in [2.75, 3.05) is 5.73 Å². The molecule has 0 fully saturated rings. The van der Waals surface area contributed by atoms with Crippen molar-refractivity contribution in [2.45, 2.75) is 33.1 Å². The SMILES string of the molecule is C=C.C=C.CC1=C(c2ccccc2)CC=C1C1=CCCC=C1.Cc1ccc(N)cc1. The van der Waals surface area contributed by atoms with Crippen LogP contribution in [0.2, 0.25) is 0 Å². The van der Waals surface area contributed by atoms with Gasteiger partial charge in [0, 0.05) is 5.69 Å². The molecule has 0 aliphatic heterocycles. The number of rotatable bonds is 2. The zero-order valence-electron chi connectivity index (χ0n) is 18.5. The smallest absolute Gasteiger partial charge is 0.0314 e. The lowest BCUT2D eigenvalue weighted by molar-refractivity contribution is 1.02. The topological polar surface area (TPSA) is 26.0 Å². The van der Waals surface area contributed by atoms with Gasteiger partial charge in [-0.2, -0.15) is 0 Å². The monoisotopic (exact) mass is 397 g/mol. The van der Waals surface area contributed by atoms with Crippen molar-refractivity contribution in [3.8, 4) is 0 Å². The second kappa shape index (κ2) is 13.8. The number of nitrogen functional groups attached to an aromatic ring is 1. The maximum atomic E-state index is 5.43. The maximum Gasteiger partial charge on any atom is 0.0314 e. The van der Waals surface area contributed by atoms with Crippen LogP contribution in [0, 0.1) is 6.92 Å². The van der Waals surface area contributed by atoms with Gasteiger partial charge in [-0.05, 0) is 73.1 Å². The van der Waals surface area contributed by atoms with E-state index in [0.29, 0.717) is 0 Å². The van der Waals surface area contributed by atoms with Crippen molar-refractivity contribution >= 4 is 11.3 Å². The Labute approximate surface area is 183 Å². The van der Waals surface area contributed by atoms with Gasteiger partial charge in [0.05, 0.1) is 0 Å². The quantitative estimate of drug-likeness (QED) is 0.400. The molecular weight excluding hydrogens is 362 g/mol. The molecule has 0 aromatic heterocycles. The third-order valence-corrected chi connectivity index (χ3v) is 4.87. The largest absolute Gasteiger partial charge is 0.399 e. The van der Waals surface area contributed by atoms with Crippen LogP contribution in [0.1, 0.15) is 37.3 Å². The van der Waals surface area contributed by atoms with E-state index in [0.717, 1.165) is 12.1 Å². The number of aryl methyl sites for hydroxylation is 1. The normalized spacial score (nSPS) is 14.1.